The Bertz CT molecular complexity index is 1080. The van der Waals surface area contributed by atoms with E-state index >= 15 is 0 Å². The first-order valence-electron chi connectivity index (χ1n) is 10.4. The van der Waals surface area contributed by atoms with E-state index in [1.54, 1.807) is 36.1 Å². The van der Waals surface area contributed by atoms with Gasteiger partial charge in [-0.25, -0.2) is 9.07 Å². The second kappa shape index (κ2) is 9.12. The van der Waals surface area contributed by atoms with Crippen LogP contribution in [0.25, 0.3) is 16.9 Å². The van der Waals surface area contributed by atoms with Gasteiger partial charge in [0.2, 0.25) is 0 Å². The molecule has 0 spiro atoms. The van der Waals surface area contributed by atoms with Crippen molar-refractivity contribution in [2.24, 2.45) is 5.92 Å². The van der Waals surface area contributed by atoms with Gasteiger partial charge >= 0.3 is 5.97 Å². The van der Waals surface area contributed by atoms with Crippen LogP contribution < -0.4 is 0 Å². The number of carbonyl (C=O) groups is 2. The number of rotatable bonds is 5. The molecule has 0 saturated carbocycles. The van der Waals surface area contributed by atoms with E-state index in [1.807, 2.05) is 30.3 Å². The molecule has 6 nitrogen and oxygen atoms in total. The molecule has 4 rings (SSSR count). The average Bonchev–Trinajstić information content (AvgIpc) is 3.25. The van der Waals surface area contributed by atoms with Gasteiger partial charge in [-0.05, 0) is 50.1 Å². The summed E-state index contributed by atoms with van der Waals surface area (Å²) in [4.78, 5) is 27.3. The van der Waals surface area contributed by atoms with Crippen molar-refractivity contribution in [1.82, 2.24) is 14.7 Å². The summed E-state index contributed by atoms with van der Waals surface area (Å²) in [5, 5.41) is 4.55. The third kappa shape index (κ3) is 4.35. The predicted molar refractivity (Wildman–Crippen MR) is 114 cm³/mol. The highest BCUT2D eigenvalue weighted by Gasteiger charge is 2.31. The van der Waals surface area contributed by atoms with Gasteiger partial charge in [-0.2, -0.15) is 5.10 Å². The number of amides is 1. The second-order valence-corrected chi connectivity index (χ2v) is 7.48. The van der Waals surface area contributed by atoms with Crippen molar-refractivity contribution in [3.8, 4) is 16.9 Å². The molecule has 3 aromatic rings. The molecular formula is C24H24FN3O3. The zero-order chi connectivity index (χ0) is 21.8. The predicted octanol–water partition coefficient (Wildman–Crippen LogP) is 4.09. The minimum Gasteiger partial charge on any atom is -0.466 e. The molecule has 1 atom stereocenters. The van der Waals surface area contributed by atoms with Gasteiger partial charge in [0, 0.05) is 18.7 Å². The first-order chi connectivity index (χ1) is 15.1. The molecule has 2 heterocycles. The number of benzene rings is 2. The number of likely N-dealkylation sites (tertiary alicyclic amines) is 1. The van der Waals surface area contributed by atoms with Crippen molar-refractivity contribution in [3.63, 3.8) is 0 Å². The number of carbonyl (C=O) groups excluding carboxylic acids is 2. The van der Waals surface area contributed by atoms with Gasteiger partial charge in [-0.3, -0.25) is 9.59 Å². The standard InChI is InChI=1S/C24H24FN3O3/c1-2-31-24(30)17-9-8-14-27(16-17)23(29)22-15-21(19-12-6-7-13-20(19)25)26-28(22)18-10-4-3-5-11-18/h3-7,10-13,15,17H,2,8-9,14,16H2,1H3. The van der Waals surface area contributed by atoms with Crippen LogP contribution in [0.5, 0.6) is 0 Å². The SMILES string of the molecule is CCOC(=O)C1CCCN(C(=O)c2cc(-c3ccccc3F)nn2-c2ccccc2)C1. The van der Waals surface area contributed by atoms with Crippen molar-refractivity contribution in [1.29, 1.82) is 0 Å². The molecule has 31 heavy (non-hydrogen) atoms. The number of nitrogens with zero attached hydrogens (tertiary/aromatic N) is 3. The van der Waals surface area contributed by atoms with Crippen LogP contribution in [0.15, 0.2) is 60.7 Å². The highest BCUT2D eigenvalue weighted by Crippen LogP contribution is 2.26. The maximum atomic E-state index is 14.4. The topological polar surface area (TPSA) is 64.4 Å². The molecule has 1 fully saturated rings. The van der Waals surface area contributed by atoms with Crippen LogP contribution >= 0.6 is 0 Å². The summed E-state index contributed by atoms with van der Waals surface area (Å²) in [6.45, 7) is 2.93. The first-order valence-corrected chi connectivity index (χ1v) is 10.4. The Morgan fingerprint density at radius 1 is 1.13 bits per heavy atom. The zero-order valence-electron chi connectivity index (χ0n) is 17.3. The second-order valence-electron chi connectivity index (χ2n) is 7.48. The van der Waals surface area contributed by atoms with Gasteiger partial charge < -0.3 is 9.64 Å². The molecule has 0 N–H and O–H groups in total. The number of hydrogen-bond acceptors (Lipinski definition) is 4. The van der Waals surface area contributed by atoms with Gasteiger partial charge in [0.1, 0.15) is 11.5 Å². The van der Waals surface area contributed by atoms with Gasteiger partial charge in [0.25, 0.3) is 5.91 Å². The molecule has 2 aromatic carbocycles. The maximum Gasteiger partial charge on any atom is 0.310 e. The van der Waals surface area contributed by atoms with Gasteiger partial charge in [-0.15, -0.1) is 0 Å². The van der Waals surface area contributed by atoms with Crippen LogP contribution in [-0.4, -0.2) is 46.3 Å². The largest absolute Gasteiger partial charge is 0.466 e. The Kier molecular flexibility index (Phi) is 6.11. The lowest BCUT2D eigenvalue weighted by molar-refractivity contribution is -0.149. The Labute approximate surface area is 180 Å². The van der Waals surface area contributed by atoms with E-state index in [-0.39, 0.29) is 17.8 Å². The lowest BCUT2D eigenvalue weighted by Gasteiger charge is -2.31. The van der Waals surface area contributed by atoms with Gasteiger partial charge in [0.15, 0.2) is 0 Å². The fraction of sp³-hybridized carbons (Fsp3) is 0.292. The highest BCUT2D eigenvalue weighted by molar-refractivity contribution is 5.95. The number of aromatic nitrogens is 2. The number of esters is 1. The molecule has 1 amide bonds. The smallest absolute Gasteiger partial charge is 0.310 e. The minimum atomic E-state index is -0.403. The normalized spacial score (nSPS) is 16.2. The Morgan fingerprint density at radius 3 is 2.61 bits per heavy atom. The van der Waals surface area contributed by atoms with E-state index in [0.29, 0.717) is 48.8 Å². The summed E-state index contributed by atoms with van der Waals surface area (Å²) >= 11 is 0. The monoisotopic (exact) mass is 421 g/mol. The summed E-state index contributed by atoms with van der Waals surface area (Å²) in [6, 6.07) is 17.2. The Hall–Kier alpha value is -3.48. The molecule has 1 aromatic heterocycles. The number of ether oxygens (including phenoxy) is 1. The van der Waals surface area contributed by atoms with E-state index in [1.165, 1.54) is 10.7 Å². The molecule has 1 aliphatic heterocycles. The lowest BCUT2D eigenvalue weighted by atomic mass is 9.98. The number of halogens is 1. The number of hydrogen-bond donors (Lipinski definition) is 0. The molecule has 0 radical (unpaired) electrons. The van der Waals surface area contributed by atoms with Crippen LogP contribution in [-0.2, 0) is 9.53 Å². The molecule has 0 aliphatic carbocycles. The average molecular weight is 421 g/mol. The van der Waals surface area contributed by atoms with Crippen molar-refractivity contribution in [3.05, 3.63) is 72.2 Å². The van der Waals surface area contributed by atoms with Crippen LogP contribution in [0.1, 0.15) is 30.3 Å². The van der Waals surface area contributed by atoms with Crippen LogP contribution in [0.2, 0.25) is 0 Å². The summed E-state index contributed by atoms with van der Waals surface area (Å²) in [6.07, 6.45) is 1.41. The van der Waals surface area contributed by atoms with Crippen molar-refractivity contribution < 1.29 is 18.7 Å². The van der Waals surface area contributed by atoms with Crippen LogP contribution in [0, 0.1) is 11.7 Å². The minimum absolute atomic E-state index is 0.243. The quantitative estimate of drug-likeness (QED) is 0.582. The van der Waals surface area contributed by atoms with E-state index in [2.05, 4.69) is 5.10 Å². The molecular weight excluding hydrogens is 397 g/mol. The van der Waals surface area contributed by atoms with Crippen LogP contribution in [0.3, 0.4) is 0 Å². The molecule has 1 unspecified atom stereocenters. The van der Waals surface area contributed by atoms with Crippen LogP contribution in [0.4, 0.5) is 4.39 Å². The highest BCUT2D eigenvalue weighted by atomic mass is 19.1. The van der Waals surface area contributed by atoms with Gasteiger partial charge in [0.05, 0.1) is 23.9 Å². The molecule has 1 aliphatic rings. The third-order valence-electron chi connectivity index (χ3n) is 5.41. The summed E-state index contributed by atoms with van der Waals surface area (Å²) in [5.41, 5.74) is 1.74. The van der Waals surface area contributed by atoms with E-state index in [4.69, 9.17) is 4.74 Å². The van der Waals surface area contributed by atoms with Crippen molar-refractivity contribution in [2.45, 2.75) is 19.8 Å². The zero-order valence-corrected chi connectivity index (χ0v) is 17.3. The van der Waals surface area contributed by atoms with E-state index < -0.39 is 5.82 Å². The Balaban J connectivity index is 1.70. The number of piperidine rings is 1. The summed E-state index contributed by atoms with van der Waals surface area (Å²) < 4.78 is 21.1. The number of para-hydroxylation sites is 1. The fourth-order valence-electron chi connectivity index (χ4n) is 3.88. The molecule has 160 valence electrons. The lowest BCUT2D eigenvalue weighted by Crippen LogP contribution is -2.43. The summed E-state index contributed by atoms with van der Waals surface area (Å²) in [5.74, 6) is -1.26. The van der Waals surface area contributed by atoms with Gasteiger partial charge in [-0.1, -0.05) is 30.3 Å². The first kappa shape index (κ1) is 20.8. The Morgan fingerprint density at radius 2 is 1.87 bits per heavy atom. The molecule has 0 bridgehead atoms. The molecule has 1 saturated heterocycles. The van der Waals surface area contributed by atoms with Crippen molar-refractivity contribution in [2.75, 3.05) is 19.7 Å². The maximum absolute atomic E-state index is 14.4. The van der Waals surface area contributed by atoms with Crippen molar-refractivity contribution >= 4 is 11.9 Å². The summed E-state index contributed by atoms with van der Waals surface area (Å²) in [7, 11) is 0. The fourth-order valence-corrected chi connectivity index (χ4v) is 3.88. The molecule has 7 heteroatoms. The van der Waals surface area contributed by atoms with E-state index in [9.17, 15) is 14.0 Å². The third-order valence-corrected chi connectivity index (χ3v) is 5.41. The van der Waals surface area contributed by atoms with E-state index in [0.717, 1.165) is 6.42 Å².